The Hall–Kier alpha value is -1.06. The lowest BCUT2D eigenvalue weighted by molar-refractivity contribution is 0.131. The molecule has 7 heteroatoms. The van der Waals surface area contributed by atoms with Gasteiger partial charge >= 0.3 is 0 Å². The smallest absolute Gasteiger partial charge is 0.191 e. The molecule has 2 rings (SSSR count). The number of nitrogens with one attached hydrogen (secondary N) is 2. The van der Waals surface area contributed by atoms with Crippen molar-refractivity contribution in [3.8, 4) is 5.75 Å². The number of hydrogen-bond donors (Lipinski definition) is 3. The summed E-state index contributed by atoms with van der Waals surface area (Å²) in [5, 5.41) is 15.9. The fraction of sp³-hybridized carbons (Fsp3) is 0.632. The van der Waals surface area contributed by atoms with E-state index in [4.69, 9.17) is 14.5 Å². The number of aliphatic hydroxyl groups is 1. The third kappa shape index (κ3) is 8.09. The number of hydrogen-bond acceptors (Lipinski definition) is 4. The van der Waals surface area contributed by atoms with Crippen LogP contribution in [0.15, 0.2) is 35.3 Å². The maximum Gasteiger partial charge on any atom is 0.191 e. The minimum atomic E-state index is -0.0203. The van der Waals surface area contributed by atoms with E-state index in [9.17, 15) is 5.11 Å². The number of aliphatic imine (C=N–C) groups is 1. The molecule has 1 aliphatic rings. The van der Waals surface area contributed by atoms with Crippen molar-refractivity contribution in [2.24, 2.45) is 10.4 Å². The number of ether oxygens (including phenoxy) is 2. The SMILES string of the molecule is CCNC(=NCC1(CCO)CCOC1)NCCCOc1ccccc1.I. The fourth-order valence-electron chi connectivity index (χ4n) is 2.86. The molecule has 0 spiro atoms. The predicted octanol–water partition coefficient (Wildman–Crippen LogP) is 2.42. The lowest BCUT2D eigenvalue weighted by atomic mass is 9.84. The summed E-state index contributed by atoms with van der Waals surface area (Å²) in [6, 6.07) is 9.84. The van der Waals surface area contributed by atoms with Gasteiger partial charge < -0.3 is 25.2 Å². The molecule has 1 aromatic carbocycles. The van der Waals surface area contributed by atoms with Crippen LogP contribution in [-0.2, 0) is 4.74 Å². The van der Waals surface area contributed by atoms with Crippen LogP contribution < -0.4 is 15.4 Å². The number of benzene rings is 1. The largest absolute Gasteiger partial charge is 0.494 e. The van der Waals surface area contributed by atoms with Gasteiger partial charge in [0.2, 0.25) is 0 Å². The minimum Gasteiger partial charge on any atom is -0.494 e. The number of rotatable bonds is 10. The van der Waals surface area contributed by atoms with Gasteiger partial charge in [0.25, 0.3) is 0 Å². The first-order valence-corrected chi connectivity index (χ1v) is 9.17. The van der Waals surface area contributed by atoms with Crippen molar-refractivity contribution >= 4 is 29.9 Å². The Kier molecular flexibility index (Phi) is 11.6. The average molecular weight is 477 g/mol. The number of aliphatic hydroxyl groups excluding tert-OH is 1. The molecule has 0 saturated carbocycles. The first-order valence-electron chi connectivity index (χ1n) is 9.17. The molecule has 148 valence electrons. The second-order valence-electron chi connectivity index (χ2n) is 6.41. The van der Waals surface area contributed by atoms with E-state index in [0.29, 0.717) is 19.8 Å². The molecule has 1 atom stereocenters. The number of nitrogens with zero attached hydrogens (tertiary/aromatic N) is 1. The molecule has 1 aromatic rings. The topological polar surface area (TPSA) is 75.1 Å². The first kappa shape index (κ1) is 23.0. The van der Waals surface area contributed by atoms with Gasteiger partial charge in [0.15, 0.2) is 5.96 Å². The first-order chi connectivity index (χ1) is 12.3. The summed E-state index contributed by atoms with van der Waals surface area (Å²) in [5.74, 6) is 1.71. The Bertz CT molecular complexity index is 508. The molecule has 6 nitrogen and oxygen atoms in total. The molecule has 1 aliphatic heterocycles. The number of halogens is 1. The lowest BCUT2D eigenvalue weighted by Gasteiger charge is -2.24. The molecular formula is C19H32IN3O3. The Labute approximate surface area is 173 Å². The van der Waals surface area contributed by atoms with Crippen LogP contribution in [0.25, 0.3) is 0 Å². The summed E-state index contributed by atoms with van der Waals surface area (Å²) in [6.07, 6.45) is 2.59. The van der Waals surface area contributed by atoms with E-state index in [-0.39, 0.29) is 36.0 Å². The highest BCUT2D eigenvalue weighted by atomic mass is 127. The van der Waals surface area contributed by atoms with Crippen LogP contribution in [0.4, 0.5) is 0 Å². The molecule has 0 bridgehead atoms. The van der Waals surface area contributed by atoms with Gasteiger partial charge in [-0.1, -0.05) is 18.2 Å². The molecule has 1 heterocycles. The van der Waals surface area contributed by atoms with Gasteiger partial charge in [-0.05, 0) is 38.3 Å². The van der Waals surface area contributed by atoms with Crippen LogP contribution >= 0.6 is 24.0 Å². The summed E-state index contributed by atoms with van der Waals surface area (Å²) in [7, 11) is 0. The standard InChI is InChI=1S/C19H31N3O3.HI/c1-2-20-18(22-15-19(9-12-23)10-14-24-16-19)21-11-6-13-25-17-7-4-3-5-8-17;/h3-5,7-8,23H,2,6,9-16H2,1H3,(H2,20,21,22);1H. The van der Waals surface area contributed by atoms with Crippen LogP contribution in [0.5, 0.6) is 5.75 Å². The van der Waals surface area contributed by atoms with E-state index in [2.05, 4.69) is 17.6 Å². The van der Waals surface area contributed by atoms with E-state index in [0.717, 1.165) is 50.7 Å². The van der Waals surface area contributed by atoms with E-state index >= 15 is 0 Å². The normalized spacial score (nSPS) is 19.7. The zero-order valence-electron chi connectivity index (χ0n) is 15.6. The van der Waals surface area contributed by atoms with E-state index < -0.39 is 0 Å². The predicted molar refractivity (Wildman–Crippen MR) is 116 cm³/mol. The van der Waals surface area contributed by atoms with Crippen LogP contribution in [0.2, 0.25) is 0 Å². The van der Waals surface area contributed by atoms with Gasteiger partial charge in [-0.3, -0.25) is 4.99 Å². The van der Waals surface area contributed by atoms with Crippen molar-refractivity contribution in [2.45, 2.75) is 26.2 Å². The Morgan fingerprint density at radius 1 is 1.31 bits per heavy atom. The van der Waals surface area contributed by atoms with E-state index in [1.165, 1.54) is 0 Å². The van der Waals surface area contributed by atoms with Gasteiger partial charge in [-0.25, -0.2) is 0 Å². The third-order valence-electron chi connectivity index (χ3n) is 4.37. The van der Waals surface area contributed by atoms with Crippen LogP contribution in [0.1, 0.15) is 26.2 Å². The van der Waals surface area contributed by atoms with E-state index in [1.54, 1.807) is 0 Å². The number of para-hydroxylation sites is 1. The van der Waals surface area contributed by atoms with Crippen molar-refractivity contribution in [3.05, 3.63) is 30.3 Å². The fourth-order valence-corrected chi connectivity index (χ4v) is 2.86. The summed E-state index contributed by atoms with van der Waals surface area (Å²) in [4.78, 5) is 4.70. The van der Waals surface area contributed by atoms with Gasteiger partial charge in [-0.15, -0.1) is 24.0 Å². The van der Waals surface area contributed by atoms with Gasteiger partial charge in [0, 0.05) is 31.7 Å². The molecule has 0 amide bonds. The Balaban J connectivity index is 0.00000338. The maximum absolute atomic E-state index is 9.31. The Morgan fingerprint density at radius 2 is 2.12 bits per heavy atom. The molecule has 0 aromatic heterocycles. The summed E-state index contributed by atoms with van der Waals surface area (Å²) in [6.45, 7) is 6.62. The van der Waals surface area contributed by atoms with Crippen LogP contribution in [0.3, 0.4) is 0 Å². The average Bonchev–Trinajstić information content (AvgIpc) is 3.09. The van der Waals surface area contributed by atoms with Gasteiger partial charge in [-0.2, -0.15) is 0 Å². The van der Waals surface area contributed by atoms with Crippen LogP contribution in [0, 0.1) is 5.41 Å². The summed E-state index contributed by atoms with van der Waals surface area (Å²) >= 11 is 0. The molecule has 3 N–H and O–H groups in total. The molecule has 1 unspecified atom stereocenters. The highest BCUT2D eigenvalue weighted by molar-refractivity contribution is 14.0. The molecule has 26 heavy (non-hydrogen) atoms. The summed E-state index contributed by atoms with van der Waals surface area (Å²) in [5.41, 5.74) is -0.0203. The second kappa shape index (κ2) is 13.2. The van der Waals surface area contributed by atoms with Gasteiger partial charge in [0.1, 0.15) is 5.75 Å². The highest BCUT2D eigenvalue weighted by Crippen LogP contribution is 2.32. The van der Waals surface area contributed by atoms with Crippen molar-refractivity contribution in [1.82, 2.24) is 10.6 Å². The highest BCUT2D eigenvalue weighted by Gasteiger charge is 2.34. The molecule has 1 fully saturated rings. The van der Waals surface area contributed by atoms with Crippen LogP contribution in [-0.4, -0.2) is 57.1 Å². The van der Waals surface area contributed by atoms with Crippen molar-refractivity contribution < 1.29 is 14.6 Å². The zero-order chi connectivity index (χ0) is 17.8. The monoisotopic (exact) mass is 477 g/mol. The molecular weight excluding hydrogens is 445 g/mol. The third-order valence-corrected chi connectivity index (χ3v) is 4.37. The van der Waals surface area contributed by atoms with Crippen molar-refractivity contribution in [3.63, 3.8) is 0 Å². The minimum absolute atomic E-state index is 0. The summed E-state index contributed by atoms with van der Waals surface area (Å²) < 4.78 is 11.2. The van der Waals surface area contributed by atoms with Crippen molar-refractivity contribution in [2.75, 3.05) is 46.1 Å². The van der Waals surface area contributed by atoms with Crippen molar-refractivity contribution in [1.29, 1.82) is 0 Å². The molecule has 0 aliphatic carbocycles. The molecule has 0 radical (unpaired) electrons. The number of guanidine groups is 1. The maximum atomic E-state index is 9.31. The second-order valence-corrected chi connectivity index (χ2v) is 6.41. The molecule has 1 saturated heterocycles. The van der Waals surface area contributed by atoms with E-state index in [1.807, 2.05) is 30.3 Å². The van der Waals surface area contributed by atoms with Gasteiger partial charge in [0.05, 0.1) is 19.8 Å². The quantitative estimate of drug-likeness (QED) is 0.209. The Morgan fingerprint density at radius 3 is 2.77 bits per heavy atom. The lowest BCUT2D eigenvalue weighted by Crippen LogP contribution is -2.39. The zero-order valence-corrected chi connectivity index (χ0v) is 17.9.